The van der Waals surface area contributed by atoms with Gasteiger partial charge in [0.1, 0.15) is 0 Å². The number of phosphoric acid groups is 1. The first-order chi connectivity index (χ1) is 7.05. The minimum atomic E-state index is -3.65. The zero-order valence-corrected chi connectivity index (χ0v) is 10.2. The molecule has 0 saturated heterocycles. The normalized spacial score (nSPS) is 14.8. The maximum atomic E-state index is 10.1. The molecule has 0 bridgehead atoms. The van der Waals surface area contributed by atoms with Crippen molar-refractivity contribution in [2.24, 2.45) is 0 Å². The molecule has 1 aliphatic heterocycles. The van der Waals surface area contributed by atoms with Crippen molar-refractivity contribution in [3.8, 4) is 0 Å². The molecule has 6 heteroatoms. The molecule has 0 aromatic rings. The molecule has 0 spiro atoms. The van der Waals surface area contributed by atoms with Crippen molar-refractivity contribution >= 4 is 7.82 Å². The first kappa shape index (κ1) is 14.4. The fourth-order valence-electron chi connectivity index (χ4n) is 0.816. The van der Waals surface area contributed by atoms with Crippen LogP contribution >= 0.6 is 7.82 Å². The van der Waals surface area contributed by atoms with Crippen LogP contribution < -0.4 is 0 Å². The molecule has 1 N–H and O–H groups in total. The van der Waals surface area contributed by atoms with Gasteiger partial charge in [-0.15, -0.1) is 0 Å². The van der Waals surface area contributed by atoms with Gasteiger partial charge < -0.3 is 9.79 Å². The van der Waals surface area contributed by atoms with Gasteiger partial charge in [0.25, 0.3) is 0 Å². The van der Waals surface area contributed by atoms with Gasteiger partial charge >= 0.3 is 7.82 Å². The van der Waals surface area contributed by atoms with Gasteiger partial charge in [-0.2, -0.15) is 0 Å². The molecule has 0 atom stereocenters. The maximum Gasteiger partial charge on any atom is 0.471 e. The van der Waals surface area contributed by atoms with E-state index in [1.54, 1.807) is 0 Å². The highest BCUT2D eigenvalue weighted by Crippen LogP contribution is 2.40. The van der Waals surface area contributed by atoms with Gasteiger partial charge in [-0.05, 0) is 19.2 Å². The topological polar surface area (TPSA) is 59.0 Å². The lowest BCUT2D eigenvalue weighted by molar-refractivity contribution is 0.204. The molecule has 1 heterocycles. The number of rotatable bonds is 3. The van der Waals surface area contributed by atoms with Crippen LogP contribution in [-0.4, -0.2) is 37.1 Å². The fourth-order valence-corrected chi connectivity index (χ4v) is 0.965. The van der Waals surface area contributed by atoms with Gasteiger partial charge in [-0.1, -0.05) is 12.2 Å². The Hall–Kier alpha value is -0.610. The Kier molecular flexibility index (Phi) is 7.34. The van der Waals surface area contributed by atoms with Crippen LogP contribution in [-0.2, 0) is 13.6 Å². The monoisotopic (exact) mass is 235 g/mol. The Labute approximate surface area is 90.6 Å². The van der Waals surface area contributed by atoms with E-state index in [0.717, 1.165) is 27.3 Å². The Bertz CT molecular complexity index is 257. The summed E-state index contributed by atoms with van der Waals surface area (Å²) in [6, 6.07) is 0. The Morgan fingerprint density at radius 2 is 2.00 bits per heavy atom. The summed E-state index contributed by atoms with van der Waals surface area (Å²) >= 11 is 0. The van der Waals surface area contributed by atoms with Crippen molar-refractivity contribution in [3.63, 3.8) is 0 Å². The third-order valence-electron chi connectivity index (χ3n) is 1.75. The summed E-state index contributed by atoms with van der Waals surface area (Å²) in [7, 11) is -1.45. The average molecular weight is 235 g/mol. The van der Waals surface area contributed by atoms with Crippen LogP contribution in [0.2, 0.25) is 0 Å². The standard InChI is InChI=1S/C7H11N.C2H7O4P/c1-2-8-6-4-3-5-7-8;1-5-7(3,4)6-2/h3-6H,2,7H2,1H3;1-2H3,(H,3,4). The van der Waals surface area contributed by atoms with Gasteiger partial charge in [-0.3, -0.25) is 9.05 Å². The van der Waals surface area contributed by atoms with Crippen molar-refractivity contribution in [2.75, 3.05) is 27.3 Å². The van der Waals surface area contributed by atoms with E-state index in [-0.39, 0.29) is 0 Å². The second kappa shape index (κ2) is 7.65. The lowest BCUT2D eigenvalue weighted by atomic mass is 10.3. The Morgan fingerprint density at radius 1 is 1.40 bits per heavy atom. The van der Waals surface area contributed by atoms with Crippen LogP contribution in [0.1, 0.15) is 6.92 Å². The molecule has 88 valence electrons. The predicted octanol–water partition coefficient (Wildman–Crippen LogP) is 1.77. The minimum Gasteiger partial charge on any atom is -0.374 e. The van der Waals surface area contributed by atoms with Crippen molar-refractivity contribution in [1.29, 1.82) is 0 Å². The van der Waals surface area contributed by atoms with E-state index in [4.69, 9.17) is 4.89 Å². The number of hydrogen-bond acceptors (Lipinski definition) is 4. The molecule has 0 saturated carbocycles. The van der Waals surface area contributed by atoms with Crippen LogP contribution in [0, 0.1) is 0 Å². The summed E-state index contributed by atoms with van der Waals surface area (Å²) in [6.07, 6.45) is 8.41. The van der Waals surface area contributed by atoms with Crippen LogP contribution in [0.5, 0.6) is 0 Å². The first-order valence-electron chi connectivity index (χ1n) is 4.57. The summed E-state index contributed by atoms with van der Waals surface area (Å²) < 4.78 is 18.0. The van der Waals surface area contributed by atoms with Gasteiger partial charge in [0.15, 0.2) is 0 Å². The third kappa shape index (κ3) is 7.33. The number of phosphoric ester groups is 1. The van der Waals surface area contributed by atoms with Crippen molar-refractivity contribution in [2.45, 2.75) is 6.92 Å². The maximum absolute atomic E-state index is 10.1. The SMILES string of the molecule is CCN1C=CC=CC1.COP(=O)(O)OC. The summed E-state index contributed by atoms with van der Waals surface area (Å²) in [4.78, 5) is 10.5. The molecule has 0 fully saturated rings. The molecule has 0 unspecified atom stereocenters. The zero-order chi connectivity index (χ0) is 11.7. The molecular formula is C9H18NO4P. The molecule has 0 radical (unpaired) electrons. The van der Waals surface area contributed by atoms with Crippen molar-refractivity contribution < 1.29 is 18.5 Å². The summed E-state index contributed by atoms with van der Waals surface area (Å²) in [6.45, 7) is 4.34. The number of hydrogen-bond donors (Lipinski definition) is 1. The molecular weight excluding hydrogens is 217 g/mol. The average Bonchev–Trinajstić information content (AvgIpc) is 2.31. The first-order valence-corrected chi connectivity index (χ1v) is 6.07. The minimum absolute atomic E-state index is 1.08. The lowest BCUT2D eigenvalue weighted by Crippen LogP contribution is -2.17. The molecule has 0 amide bonds. The molecule has 1 aliphatic rings. The van der Waals surface area contributed by atoms with Gasteiger partial charge in [0.05, 0.1) is 0 Å². The zero-order valence-electron chi connectivity index (χ0n) is 9.29. The number of nitrogens with zero attached hydrogens (tertiary/aromatic N) is 1. The number of likely N-dealkylation sites (N-methyl/N-ethyl adjacent to an activating group) is 1. The molecule has 0 aliphatic carbocycles. The van der Waals surface area contributed by atoms with Crippen LogP contribution in [0.3, 0.4) is 0 Å². The van der Waals surface area contributed by atoms with Gasteiger partial charge in [0, 0.05) is 27.3 Å². The van der Waals surface area contributed by atoms with Crippen LogP contribution in [0.15, 0.2) is 24.4 Å². The Balaban J connectivity index is 0.000000265. The van der Waals surface area contributed by atoms with Crippen molar-refractivity contribution in [1.82, 2.24) is 4.90 Å². The second-order valence-electron chi connectivity index (χ2n) is 2.69. The van der Waals surface area contributed by atoms with E-state index >= 15 is 0 Å². The summed E-state index contributed by atoms with van der Waals surface area (Å²) in [5, 5.41) is 0. The molecule has 1 rings (SSSR count). The van der Waals surface area contributed by atoms with Crippen LogP contribution in [0.4, 0.5) is 0 Å². The Morgan fingerprint density at radius 3 is 2.20 bits per heavy atom. The summed E-state index contributed by atoms with van der Waals surface area (Å²) in [5.41, 5.74) is 0. The molecule has 5 nitrogen and oxygen atoms in total. The smallest absolute Gasteiger partial charge is 0.374 e. The lowest BCUT2D eigenvalue weighted by Gasteiger charge is -2.16. The van der Waals surface area contributed by atoms with Gasteiger partial charge in [-0.25, -0.2) is 4.57 Å². The highest BCUT2D eigenvalue weighted by atomic mass is 31.2. The van der Waals surface area contributed by atoms with Crippen LogP contribution in [0.25, 0.3) is 0 Å². The fraction of sp³-hybridized carbons (Fsp3) is 0.556. The van der Waals surface area contributed by atoms with E-state index in [2.05, 4.69) is 45.3 Å². The second-order valence-corrected chi connectivity index (χ2v) is 4.36. The highest BCUT2D eigenvalue weighted by Gasteiger charge is 2.13. The molecule has 0 aromatic carbocycles. The summed E-state index contributed by atoms with van der Waals surface area (Å²) in [5.74, 6) is 0. The van der Waals surface area contributed by atoms with E-state index in [0.29, 0.717) is 0 Å². The quantitative estimate of drug-likeness (QED) is 0.755. The largest absolute Gasteiger partial charge is 0.471 e. The van der Waals surface area contributed by atoms with E-state index < -0.39 is 7.82 Å². The number of allylic oxidation sites excluding steroid dienone is 2. The molecule has 15 heavy (non-hydrogen) atoms. The molecule has 0 aromatic heterocycles. The van der Waals surface area contributed by atoms with Crippen molar-refractivity contribution in [3.05, 3.63) is 24.4 Å². The van der Waals surface area contributed by atoms with Gasteiger partial charge in [0.2, 0.25) is 0 Å². The third-order valence-corrected chi connectivity index (χ3v) is 2.67. The predicted molar refractivity (Wildman–Crippen MR) is 59.4 cm³/mol. The van der Waals surface area contributed by atoms with E-state index in [1.165, 1.54) is 0 Å². The highest BCUT2D eigenvalue weighted by molar-refractivity contribution is 7.47. The van der Waals surface area contributed by atoms with E-state index in [9.17, 15) is 4.57 Å². The van der Waals surface area contributed by atoms with E-state index in [1.807, 2.05) is 0 Å².